The van der Waals surface area contributed by atoms with Crippen LogP contribution in [0.1, 0.15) is 17.5 Å². The summed E-state index contributed by atoms with van der Waals surface area (Å²) in [5.74, 6) is 1.48. The normalized spacial score (nSPS) is 19.9. The van der Waals surface area contributed by atoms with Gasteiger partial charge in [-0.2, -0.15) is 0 Å². The molecule has 1 aliphatic rings. The van der Waals surface area contributed by atoms with Gasteiger partial charge >= 0.3 is 0 Å². The van der Waals surface area contributed by atoms with Crippen LogP contribution < -0.4 is 10.2 Å². The Balaban J connectivity index is 2.11. The smallest absolute Gasteiger partial charge is 0.131 e. The molecule has 94 valence electrons. The highest BCUT2D eigenvalue weighted by Gasteiger charge is 2.23. The van der Waals surface area contributed by atoms with E-state index in [4.69, 9.17) is 5.11 Å². The van der Waals surface area contributed by atoms with Crippen LogP contribution in [0.5, 0.6) is 0 Å². The Labute approximate surface area is 103 Å². The Bertz CT molecular complexity index is 381. The van der Waals surface area contributed by atoms with Gasteiger partial charge in [-0.15, -0.1) is 0 Å². The summed E-state index contributed by atoms with van der Waals surface area (Å²) in [4.78, 5) is 6.83. The SMILES string of the molecule is CNCc1cnc(N2CCC(CO)C2)c(C)c1. The highest BCUT2D eigenvalue weighted by atomic mass is 16.3. The van der Waals surface area contributed by atoms with Gasteiger partial charge in [0.25, 0.3) is 0 Å². The number of nitrogens with zero attached hydrogens (tertiary/aromatic N) is 2. The van der Waals surface area contributed by atoms with Gasteiger partial charge in [0.15, 0.2) is 0 Å². The molecule has 0 saturated carbocycles. The van der Waals surface area contributed by atoms with E-state index in [9.17, 15) is 0 Å². The first kappa shape index (κ1) is 12.3. The second kappa shape index (κ2) is 5.47. The molecule has 1 aromatic heterocycles. The first-order valence-corrected chi connectivity index (χ1v) is 6.20. The lowest BCUT2D eigenvalue weighted by atomic mass is 10.1. The zero-order valence-electron chi connectivity index (χ0n) is 10.6. The number of hydrogen-bond acceptors (Lipinski definition) is 4. The highest BCUT2D eigenvalue weighted by Crippen LogP contribution is 2.25. The van der Waals surface area contributed by atoms with E-state index in [0.29, 0.717) is 5.92 Å². The third-order valence-electron chi connectivity index (χ3n) is 3.33. The molecule has 1 atom stereocenters. The third-order valence-corrected chi connectivity index (χ3v) is 3.33. The molecule has 0 spiro atoms. The van der Waals surface area contributed by atoms with Crippen LogP contribution in [-0.2, 0) is 6.54 Å². The van der Waals surface area contributed by atoms with E-state index in [1.807, 2.05) is 13.2 Å². The largest absolute Gasteiger partial charge is 0.396 e. The average Bonchev–Trinajstić information content (AvgIpc) is 2.78. The molecule has 4 nitrogen and oxygen atoms in total. The van der Waals surface area contributed by atoms with Gasteiger partial charge in [-0.1, -0.05) is 0 Å². The molecule has 0 aromatic carbocycles. The van der Waals surface area contributed by atoms with Crippen LogP contribution >= 0.6 is 0 Å². The van der Waals surface area contributed by atoms with Crippen LogP contribution in [0.25, 0.3) is 0 Å². The molecule has 2 N–H and O–H groups in total. The van der Waals surface area contributed by atoms with E-state index in [-0.39, 0.29) is 6.61 Å². The lowest BCUT2D eigenvalue weighted by Crippen LogP contribution is -2.22. The van der Waals surface area contributed by atoms with Gasteiger partial charge in [0.1, 0.15) is 5.82 Å². The van der Waals surface area contributed by atoms with Gasteiger partial charge in [-0.25, -0.2) is 4.98 Å². The number of rotatable bonds is 4. The number of nitrogens with one attached hydrogen (secondary N) is 1. The van der Waals surface area contributed by atoms with Crippen LogP contribution in [0.2, 0.25) is 0 Å². The van der Waals surface area contributed by atoms with Crippen molar-refractivity contribution in [1.82, 2.24) is 10.3 Å². The fourth-order valence-corrected chi connectivity index (χ4v) is 2.43. The summed E-state index contributed by atoms with van der Waals surface area (Å²) in [5.41, 5.74) is 2.43. The maximum absolute atomic E-state index is 9.16. The quantitative estimate of drug-likeness (QED) is 0.815. The zero-order valence-corrected chi connectivity index (χ0v) is 10.6. The maximum atomic E-state index is 9.16. The van der Waals surface area contributed by atoms with Gasteiger partial charge < -0.3 is 15.3 Å². The molecule has 1 fully saturated rings. The summed E-state index contributed by atoms with van der Waals surface area (Å²) in [6, 6.07) is 2.19. The van der Waals surface area contributed by atoms with Crippen LogP contribution in [0.15, 0.2) is 12.3 Å². The number of aromatic nitrogens is 1. The van der Waals surface area contributed by atoms with Crippen molar-refractivity contribution in [2.45, 2.75) is 19.9 Å². The minimum Gasteiger partial charge on any atom is -0.396 e. The molecule has 1 saturated heterocycles. The Morgan fingerprint density at radius 1 is 1.59 bits per heavy atom. The second-order valence-corrected chi connectivity index (χ2v) is 4.80. The molecule has 17 heavy (non-hydrogen) atoms. The summed E-state index contributed by atoms with van der Waals surface area (Å²) in [5, 5.41) is 12.3. The van der Waals surface area contributed by atoms with E-state index >= 15 is 0 Å². The predicted octanol–water partition coefficient (Wildman–Crippen LogP) is 0.928. The highest BCUT2D eigenvalue weighted by molar-refractivity contribution is 5.48. The standard InChI is InChI=1S/C13H21N3O/c1-10-5-12(6-14-2)7-15-13(10)16-4-3-11(8-16)9-17/h5,7,11,14,17H,3-4,6,8-9H2,1-2H3. The van der Waals surface area contributed by atoms with E-state index in [0.717, 1.165) is 31.9 Å². The summed E-state index contributed by atoms with van der Waals surface area (Å²) in [7, 11) is 1.94. The molecule has 1 aromatic rings. The van der Waals surface area contributed by atoms with Crippen molar-refractivity contribution >= 4 is 5.82 Å². The van der Waals surface area contributed by atoms with Crippen LogP contribution in [0.3, 0.4) is 0 Å². The van der Waals surface area contributed by atoms with Gasteiger partial charge in [-0.05, 0) is 37.6 Å². The maximum Gasteiger partial charge on any atom is 0.131 e. The van der Waals surface area contributed by atoms with Crippen LogP contribution in [-0.4, -0.2) is 36.8 Å². The van der Waals surface area contributed by atoms with Crippen molar-refractivity contribution in [3.8, 4) is 0 Å². The van der Waals surface area contributed by atoms with E-state index in [1.165, 1.54) is 11.1 Å². The molecular formula is C13H21N3O. The minimum atomic E-state index is 0.285. The molecule has 1 aliphatic heterocycles. The lowest BCUT2D eigenvalue weighted by Gasteiger charge is -2.19. The topological polar surface area (TPSA) is 48.4 Å². The Morgan fingerprint density at radius 3 is 3.00 bits per heavy atom. The van der Waals surface area contributed by atoms with Crippen molar-refractivity contribution in [3.63, 3.8) is 0 Å². The molecule has 0 aliphatic carbocycles. The van der Waals surface area contributed by atoms with E-state index in [2.05, 4.69) is 28.2 Å². The summed E-state index contributed by atoms with van der Waals surface area (Å²) in [6.07, 6.45) is 3.00. The summed E-state index contributed by atoms with van der Waals surface area (Å²) >= 11 is 0. The van der Waals surface area contributed by atoms with Gasteiger partial charge in [0, 0.05) is 38.4 Å². The summed E-state index contributed by atoms with van der Waals surface area (Å²) in [6.45, 7) is 5.18. The Morgan fingerprint density at radius 2 is 2.41 bits per heavy atom. The number of pyridine rings is 1. The first-order chi connectivity index (χ1) is 8.24. The zero-order chi connectivity index (χ0) is 12.3. The van der Waals surface area contributed by atoms with Crippen LogP contribution in [0, 0.1) is 12.8 Å². The fourth-order valence-electron chi connectivity index (χ4n) is 2.43. The molecule has 0 bridgehead atoms. The van der Waals surface area contributed by atoms with Gasteiger partial charge in [0.05, 0.1) is 0 Å². The van der Waals surface area contributed by atoms with Crippen molar-refractivity contribution in [1.29, 1.82) is 0 Å². The van der Waals surface area contributed by atoms with Crippen molar-refractivity contribution in [2.24, 2.45) is 5.92 Å². The number of aliphatic hydroxyl groups is 1. The molecule has 2 rings (SSSR count). The van der Waals surface area contributed by atoms with Crippen molar-refractivity contribution in [2.75, 3.05) is 31.6 Å². The molecular weight excluding hydrogens is 214 g/mol. The predicted molar refractivity (Wildman–Crippen MR) is 69.1 cm³/mol. The van der Waals surface area contributed by atoms with Crippen molar-refractivity contribution in [3.05, 3.63) is 23.4 Å². The minimum absolute atomic E-state index is 0.285. The number of hydrogen-bond donors (Lipinski definition) is 2. The molecule has 0 radical (unpaired) electrons. The number of aryl methyl sites for hydroxylation is 1. The van der Waals surface area contributed by atoms with E-state index < -0.39 is 0 Å². The summed E-state index contributed by atoms with van der Waals surface area (Å²) < 4.78 is 0. The molecule has 2 heterocycles. The van der Waals surface area contributed by atoms with Gasteiger partial charge in [0.2, 0.25) is 0 Å². The lowest BCUT2D eigenvalue weighted by molar-refractivity contribution is 0.238. The Kier molecular flexibility index (Phi) is 3.97. The molecule has 0 amide bonds. The monoisotopic (exact) mass is 235 g/mol. The fraction of sp³-hybridized carbons (Fsp3) is 0.615. The molecule has 1 unspecified atom stereocenters. The Hall–Kier alpha value is -1.13. The number of aliphatic hydroxyl groups excluding tert-OH is 1. The van der Waals surface area contributed by atoms with Crippen molar-refractivity contribution < 1.29 is 5.11 Å². The van der Waals surface area contributed by atoms with E-state index in [1.54, 1.807) is 0 Å². The third kappa shape index (κ3) is 2.76. The number of anilines is 1. The molecule has 4 heteroatoms. The van der Waals surface area contributed by atoms with Gasteiger partial charge in [-0.3, -0.25) is 0 Å². The first-order valence-electron chi connectivity index (χ1n) is 6.20. The second-order valence-electron chi connectivity index (χ2n) is 4.80. The van der Waals surface area contributed by atoms with Crippen LogP contribution in [0.4, 0.5) is 5.82 Å². The average molecular weight is 235 g/mol.